The molecule has 2 aliphatic rings. The molecule has 2 saturated heterocycles. The van der Waals surface area contributed by atoms with E-state index in [1.807, 2.05) is 17.1 Å². The van der Waals surface area contributed by atoms with Gasteiger partial charge < -0.3 is 5.32 Å². The summed E-state index contributed by atoms with van der Waals surface area (Å²) in [5.41, 5.74) is 2.11. The quantitative estimate of drug-likeness (QED) is 0.942. The predicted octanol–water partition coefficient (Wildman–Crippen LogP) is 2.66. The van der Waals surface area contributed by atoms with Crippen LogP contribution in [0.15, 0.2) is 18.5 Å². The molecule has 2 unspecified atom stereocenters. The minimum atomic E-state index is 0.343. The second kappa shape index (κ2) is 4.98. The minimum Gasteiger partial charge on any atom is -0.379 e. The van der Waals surface area contributed by atoms with Crippen LogP contribution in [-0.4, -0.2) is 44.8 Å². The largest absolute Gasteiger partial charge is 0.379 e. The first-order valence-electron chi connectivity index (χ1n) is 8.06. The van der Waals surface area contributed by atoms with Crippen LogP contribution in [0.3, 0.4) is 0 Å². The number of nitrogens with one attached hydrogen (secondary N) is 1. The third kappa shape index (κ3) is 2.20. The van der Waals surface area contributed by atoms with Gasteiger partial charge in [-0.2, -0.15) is 5.10 Å². The van der Waals surface area contributed by atoms with Gasteiger partial charge in [-0.25, -0.2) is 9.67 Å². The Kier molecular flexibility index (Phi) is 3.10. The van der Waals surface area contributed by atoms with Crippen LogP contribution in [0.2, 0.25) is 0 Å². The molecule has 5 nitrogen and oxygen atoms in total. The maximum absolute atomic E-state index is 4.61. The maximum Gasteiger partial charge on any atom is 0.158 e. The smallest absolute Gasteiger partial charge is 0.158 e. The number of pyridine rings is 1. The Labute approximate surface area is 125 Å². The molecule has 0 aromatic carbocycles. The van der Waals surface area contributed by atoms with Crippen molar-refractivity contribution in [3.05, 3.63) is 18.5 Å². The number of rotatable bonds is 3. The highest BCUT2D eigenvalue weighted by Crippen LogP contribution is 2.30. The summed E-state index contributed by atoms with van der Waals surface area (Å²) in [7, 11) is 0. The summed E-state index contributed by atoms with van der Waals surface area (Å²) in [6, 6.07) is 3.83. The first-order chi connectivity index (χ1) is 10.2. The molecule has 0 bridgehead atoms. The van der Waals surface area contributed by atoms with Crippen molar-refractivity contribution >= 4 is 16.7 Å². The molecular formula is C16H23N5. The van der Waals surface area contributed by atoms with Crippen LogP contribution >= 0.6 is 0 Å². The summed E-state index contributed by atoms with van der Waals surface area (Å²) in [5, 5.41) is 9.26. The Morgan fingerprint density at radius 2 is 2.14 bits per heavy atom. The zero-order valence-electron chi connectivity index (χ0n) is 12.8. The van der Waals surface area contributed by atoms with Crippen LogP contribution in [0.1, 0.15) is 39.2 Å². The maximum atomic E-state index is 4.61. The molecule has 4 heterocycles. The van der Waals surface area contributed by atoms with Gasteiger partial charge >= 0.3 is 0 Å². The van der Waals surface area contributed by atoms with Gasteiger partial charge in [0.2, 0.25) is 0 Å². The Morgan fingerprint density at radius 1 is 1.24 bits per heavy atom. The monoisotopic (exact) mass is 285 g/mol. The third-order valence-corrected chi connectivity index (χ3v) is 4.88. The number of hydrogen-bond donors (Lipinski definition) is 1. The van der Waals surface area contributed by atoms with Crippen LogP contribution in [0.25, 0.3) is 11.0 Å². The molecule has 2 fully saturated rings. The molecule has 5 heteroatoms. The summed E-state index contributed by atoms with van der Waals surface area (Å²) in [4.78, 5) is 7.24. The van der Waals surface area contributed by atoms with Gasteiger partial charge in [0.15, 0.2) is 5.65 Å². The van der Waals surface area contributed by atoms with Crippen LogP contribution in [0.4, 0.5) is 5.69 Å². The van der Waals surface area contributed by atoms with Crippen LogP contribution in [0.5, 0.6) is 0 Å². The lowest BCUT2D eigenvalue weighted by Crippen LogP contribution is -2.33. The molecule has 0 aliphatic carbocycles. The molecule has 4 rings (SSSR count). The van der Waals surface area contributed by atoms with E-state index in [0.717, 1.165) is 22.8 Å². The molecule has 21 heavy (non-hydrogen) atoms. The van der Waals surface area contributed by atoms with Crippen molar-refractivity contribution in [2.45, 2.75) is 51.2 Å². The standard InChI is InChI=1S/C16H23N5/c1-11(2)21-16-12(9-18-21)8-13(10-17-16)19-14-5-7-20-6-3-4-15(14)20/h8-11,14-15,19H,3-7H2,1-2H3. The van der Waals surface area contributed by atoms with Crippen molar-refractivity contribution in [3.8, 4) is 0 Å². The van der Waals surface area contributed by atoms with Crippen molar-refractivity contribution in [3.63, 3.8) is 0 Å². The summed E-state index contributed by atoms with van der Waals surface area (Å²) in [5.74, 6) is 0. The van der Waals surface area contributed by atoms with E-state index < -0.39 is 0 Å². The molecule has 0 spiro atoms. The highest BCUT2D eigenvalue weighted by molar-refractivity contribution is 5.78. The summed E-state index contributed by atoms with van der Waals surface area (Å²) in [6.45, 7) is 6.78. The molecule has 2 aromatic rings. The molecule has 0 amide bonds. The third-order valence-electron chi connectivity index (χ3n) is 4.88. The molecule has 2 aromatic heterocycles. The van der Waals surface area contributed by atoms with Crippen LogP contribution in [0, 0.1) is 0 Å². The normalized spacial score (nSPS) is 25.9. The SMILES string of the molecule is CC(C)n1ncc2cc(NC3CCN4CCCC34)cnc21. The molecule has 1 N–H and O–H groups in total. The van der Waals surface area contributed by atoms with E-state index in [4.69, 9.17) is 0 Å². The molecule has 2 atom stereocenters. The van der Waals surface area contributed by atoms with Crippen molar-refractivity contribution in [2.24, 2.45) is 0 Å². The predicted molar refractivity (Wildman–Crippen MR) is 84.5 cm³/mol. The van der Waals surface area contributed by atoms with Gasteiger partial charge in [0.25, 0.3) is 0 Å². The van der Waals surface area contributed by atoms with Gasteiger partial charge in [0.05, 0.1) is 18.1 Å². The molecule has 112 valence electrons. The van der Waals surface area contributed by atoms with Gasteiger partial charge in [-0.1, -0.05) is 0 Å². The number of fused-ring (bicyclic) bond motifs is 2. The van der Waals surface area contributed by atoms with E-state index in [9.17, 15) is 0 Å². The Hall–Kier alpha value is -1.62. The van der Waals surface area contributed by atoms with E-state index in [1.54, 1.807) is 0 Å². The van der Waals surface area contributed by atoms with Gasteiger partial charge in [-0.05, 0) is 45.7 Å². The first-order valence-corrected chi connectivity index (χ1v) is 8.06. The minimum absolute atomic E-state index is 0.343. The van der Waals surface area contributed by atoms with Crippen molar-refractivity contribution < 1.29 is 0 Å². The Balaban J connectivity index is 1.57. The second-order valence-electron chi connectivity index (χ2n) is 6.60. The van der Waals surface area contributed by atoms with E-state index in [-0.39, 0.29) is 0 Å². The molecular weight excluding hydrogens is 262 g/mol. The number of hydrogen-bond acceptors (Lipinski definition) is 4. The summed E-state index contributed by atoms with van der Waals surface area (Å²) >= 11 is 0. The van der Waals surface area contributed by atoms with Gasteiger partial charge in [0.1, 0.15) is 0 Å². The van der Waals surface area contributed by atoms with Gasteiger partial charge in [-0.3, -0.25) is 4.90 Å². The molecule has 2 aliphatic heterocycles. The summed E-state index contributed by atoms with van der Waals surface area (Å²) in [6.07, 6.45) is 7.80. The van der Waals surface area contributed by atoms with E-state index in [2.05, 4.69) is 40.2 Å². The summed E-state index contributed by atoms with van der Waals surface area (Å²) < 4.78 is 1.98. The van der Waals surface area contributed by atoms with Gasteiger partial charge in [0, 0.05) is 30.1 Å². The number of aromatic nitrogens is 3. The Morgan fingerprint density at radius 3 is 3.00 bits per heavy atom. The number of nitrogens with zero attached hydrogens (tertiary/aromatic N) is 4. The zero-order valence-corrected chi connectivity index (χ0v) is 12.8. The van der Waals surface area contributed by atoms with E-state index in [1.165, 1.54) is 32.4 Å². The van der Waals surface area contributed by atoms with E-state index in [0.29, 0.717) is 12.1 Å². The second-order valence-corrected chi connectivity index (χ2v) is 6.60. The van der Waals surface area contributed by atoms with Crippen LogP contribution in [-0.2, 0) is 0 Å². The van der Waals surface area contributed by atoms with Crippen molar-refractivity contribution in [1.29, 1.82) is 0 Å². The highest BCUT2D eigenvalue weighted by Gasteiger charge is 2.36. The zero-order chi connectivity index (χ0) is 14.4. The van der Waals surface area contributed by atoms with E-state index >= 15 is 0 Å². The van der Waals surface area contributed by atoms with Crippen molar-refractivity contribution in [2.75, 3.05) is 18.4 Å². The molecule has 0 radical (unpaired) electrons. The lowest BCUT2D eigenvalue weighted by Gasteiger charge is -2.22. The lowest BCUT2D eigenvalue weighted by molar-refractivity contribution is 0.318. The van der Waals surface area contributed by atoms with Crippen molar-refractivity contribution in [1.82, 2.24) is 19.7 Å². The number of anilines is 1. The average molecular weight is 285 g/mol. The molecule has 0 saturated carbocycles. The Bertz CT molecular complexity index is 647. The first kappa shape index (κ1) is 13.1. The lowest BCUT2D eigenvalue weighted by atomic mass is 10.1. The average Bonchev–Trinajstić information content (AvgIpc) is 3.14. The van der Waals surface area contributed by atoms with Gasteiger partial charge in [-0.15, -0.1) is 0 Å². The fourth-order valence-electron chi connectivity index (χ4n) is 3.86. The highest BCUT2D eigenvalue weighted by atomic mass is 15.3. The topological polar surface area (TPSA) is 46.0 Å². The fraction of sp³-hybridized carbons (Fsp3) is 0.625. The fourth-order valence-corrected chi connectivity index (χ4v) is 3.86. The van der Waals surface area contributed by atoms with Crippen LogP contribution < -0.4 is 5.32 Å².